The molecule has 0 fully saturated rings. The molecule has 1 aromatic heterocycles. The van der Waals surface area contributed by atoms with Crippen molar-refractivity contribution in [3.05, 3.63) is 35.5 Å². The second-order valence-corrected chi connectivity index (χ2v) is 7.82. The van der Waals surface area contributed by atoms with E-state index in [-0.39, 0.29) is 6.04 Å². The highest BCUT2D eigenvalue weighted by molar-refractivity contribution is 7.86. The zero-order chi connectivity index (χ0) is 15.2. The largest absolute Gasteiger partial charge is 0.358 e. The Morgan fingerprint density at radius 3 is 2.71 bits per heavy atom. The van der Waals surface area contributed by atoms with Crippen molar-refractivity contribution in [1.82, 2.24) is 13.6 Å². The van der Waals surface area contributed by atoms with Gasteiger partial charge in [-0.2, -0.15) is 17.0 Å². The normalized spacial score (nSPS) is 16.8. The molecule has 2 aromatic rings. The number of nitrogens with one attached hydrogen (secondary N) is 1. The first-order chi connectivity index (χ1) is 9.91. The molecule has 0 saturated heterocycles. The number of fused-ring (bicyclic) bond motifs is 3. The van der Waals surface area contributed by atoms with Gasteiger partial charge in [-0.25, -0.2) is 0 Å². The Kier molecular flexibility index (Phi) is 3.55. The van der Waals surface area contributed by atoms with Crippen molar-refractivity contribution in [2.75, 3.05) is 13.6 Å². The zero-order valence-electron chi connectivity index (χ0n) is 12.6. The van der Waals surface area contributed by atoms with Crippen molar-refractivity contribution >= 4 is 21.1 Å². The summed E-state index contributed by atoms with van der Waals surface area (Å²) in [5.74, 6) is 0. The van der Waals surface area contributed by atoms with Gasteiger partial charge in [0, 0.05) is 49.2 Å². The van der Waals surface area contributed by atoms with Gasteiger partial charge in [-0.05, 0) is 25.5 Å². The van der Waals surface area contributed by atoms with Crippen molar-refractivity contribution in [1.29, 1.82) is 0 Å². The molecule has 1 aromatic carbocycles. The summed E-state index contributed by atoms with van der Waals surface area (Å²) < 4.78 is 28.3. The summed E-state index contributed by atoms with van der Waals surface area (Å²) in [7, 11) is -1.75. The van der Waals surface area contributed by atoms with Gasteiger partial charge >= 0.3 is 0 Å². The molecule has 0 aliphatic carbocycles. The molecule has 5 nitrogen and oxygen atoms in total. The summed E-state index contributed by atoms with van der Waals surface area (Å²) in [5, 5.41) is 1.12. The second-order valence-electron chi connectivity index (χ2n) is 5.83. The molecule has 0 spiro atoms. The zero-order valence-corrected chi connectivity index (χ0v) is 13.4. The topological polar surface area (TPSA) is 56.4 Å². The van der Waals surface area contributed by atoms with Crippen LogP contribution in [0.2, 0.25) is 0 Å². The fourth-order valence-corrected chi connectivity index (χ4v) is 4.30. The highest BCUT2D eigenvalue weighted by atomic mass is 32.2. The number of H-pyrrole nitrogens is 1. The number of para-hydroxylation sites is 1. The maximum absolute atomic E-state index is 12.6. The van der Waals surface area contributed by atoms with Crippen LogP contribution >= 0.6 is 0 Å². The molecule has 0 unspecified atom stereocenters. The molecule has 3 rings (SSSR count). The number of hydrogen-bond donors (Lipinski definition) is 1. The predicted octanol–water partition coefficient (Wildman–Crippen LogP) is 2.11. The van der Waals surface area contributed by atoms with E-state index in [1.54, 1.807) is 11.4 Å². The van der Waals surface area contributed by atoms with Crippen LogP contribution in [0, 0.1) is 0 Å². The molecule has 0 saturated carbocycles. The standard InChI is InChI=1S/C15H21N3O2S/c1-11(2)17(3)21(19,20)18-9-8-15-13(10-18)12-6-4-5-7-14(12)16-15/h4-7,11,16H,8-10H2,1-3H3. The lowest BCUT2D eigenvalue weighted by molar-refractivity contribution is 0.323. The molecule has 0 radical (unpaired) electrons. The Morgan fingerprint density at radius 2 is 2.00 bits per heavy atom. The van der Waals surface area contributed by atoms with Crippen LogP contribution in [-0.4, -0.2) is 41.6 Å². The lowest BCUT2D eigenvalue weighted by Crippen LogP contribution is -2.46. The molecule has 1 N–H and O–H groups in total. The summed E-state index contributed by atoms with van der Waals surface area (Å²) >= 11 is 0. The van der Waals surface area contributed by atoms with Crippen LogP contribution in [-0.2, 0) is 23.2 Å². The van der Waals surface area contributed by atoms with Gasteiger partial charge < -0.3 is 4.98 Å². The molecule has 21 heavy (non-hydrogen) atoms. The Bertz CT molecular complexity index is 764. The number of aromatic nitrogens is 1. The summed E-state index contributed by atoms with van der Waals surface area (Å²) in [5.41, 5.74) is 3.35. The van der Waals surface area contributed by atoms with Crippen molar-refractivity contribution in [3.8, 4) is 0 Å². The van der Waals surface area contributed by atoms with E-state index >= 15 is 0 Å². The Hall–Kier alpha value is -1.37. The molecule has 1 aliphatic heterocycles. The first-order valence-electron chi connectivity index (χ1n) is 7.23. The Labute approximate surface area is 125 Å². The van der Waals surface area contributed by atoms with Crippen LogP contribution in [0.3, 0.4) is 0 Å². The van der Waals surface area contributed by atoms with E-state index in [0.717, 1.165) is 28.6 Å². The van der Waals surface area contributed by atoms with E-state index in [4.69, 9.17) is 0 Å². The van der Waals surface area contributed by atoms with Gasteiger partial charge in [-0.3, -0.25) is 0 Å². The number of rotatable bonds is 3. The van der Waals surface area contributed by atoms with Crippen molar-refractivity contribution < 1.29 is 8.42 Å². The minimum atomic E-state index is -3.40. The van der Waals surface area contributed by atoms with E-state index in [1.807, 2.05) is 38.1 Å². The maximum atomic E-state index is 12.6. The summed E-state index contributed by atoms with van der Waals surface area (Å²) in [6.07, 6.45) is 0.731. The van der Waals surface area contributed by atoms with E-state index in [9.17, 15) is 8.42 Å². The van der Waals surface area contributed by atoms with Gasteiger partial charge in [0.2, 0.25) is 0 Å². The highest BCUT2D eigenvalue weighted by Crippen LogP contribution is 2.29. The minimum absolute atomic E-state index is 0.0423. The van der Waals surface area contributed by atoms with Crippen LogP contribution < -0.4 is 0 Å². The average Bonchev–Trinajstić information content (AvgIpc) is 2.84. The quantitative estimate of drug-likeness (QED) is 0.944. The first kappa shape index (κ1) is 14.6. The molecule has 114 valence electrons. The fourth-order valence-electron chi connectivity index (χ4n) is 2.79. The number of hydrogen-bond acceptors (Lipinski definition) is 2. The maximum Gasteiger partial charge on any atom is 0.282 e. The third-order valence-electron chi connectivity index (χ3n) is 4.27. The molecular formula is C15H21N3O2S. The SMILES string of the molecule is CC(C)N(C)S(=O)(=O)N1CCc2[nH]c3ccccc3c2C1. The van der Waals surface area contributed by atoms with Crippen LogP contribution in [0.5, 0.6) is 0 Å². The smallest absolute Gasteiger partial charge is 0.282 e. The van der Waals surface area contributed by atoms with Gasteiger partial charge in [-0.15, -0.1) is 0 Å². The van der Waals surface area contributed by atoms with Crippen molar-refractivity contribution in [2.45, 2.75) is 32.9 Å². The number of aromatic amines is 1. The van der Waals surface area contributed by atoms with E-state index < -0.39 is 10.2 Å². The van der Waals surface area contributed by atoms with Gasteiger partial charge in [0.05, 0.1) is 0 Å². The lowest BCUT2D eigenvalue weighted by atomic mass is 10.1. The molecule has 6 heteroatoms. The number of benzene rings is 1. The van der Waals surface area contributed by atoms with E-state index in [2.05, 4.69) is 4.98 Å². The fraction of sp³-hybridized carbons (Fsp3) is 0.467. The average molecular weight is 307 g/mol. The van der Waals surface area contributed by atoms with E-state index in [1.165, 1.54) is 4.31 Å². The van der Waals surface area contributed by atoms with Crippen LogP contribution in [0.25, 0.3) is 10.9 Å². The van der Waals surface area contributed by atoms with Crippen LogP contribution in [0.4, 0.5) is 0 Å². The lowest BCUT2D eigenvalue weighted by Gasteiger charge is -2.32. The molecule has 0 bridgehead atoms. The van der Waals surface area contributed by atoms with Crippen molar-refractivity contribution in [3.63, 3.8) is 0 Å². The molecule has 0 amide bonds. The Balaban J connectivity index is 1.97. The van der Waals surface area contributed by atoms with Gasteiger partial charge in [-0.1, -0.05) is 18.2 Å². The van der Waals surface area contributed by atoms with Crippen LogP contribution in [0.1, 0.15) is 25.1 Å². The summed E-state index contributed by atoms with van der Waals surface area (Å²) in [4.78, 5) is 3.40. The third kappa shape index (κ3) is 2.37. The van der Waals surface area contributed by atoms with Crippen molar-refractivity contribution in [2.24, 2.45) is 0 Å². The molecule has 1 aliphatic rings. The summed E-state index contributed by atoms with van der Waals surface area (Å²) in [6, 6.07) is 8.02. The number of nitrogens with zero attached hydrogens (tertiary/aromatic N) is 2. The third-order valence-corrected chi connectivity index (χ3v) is 6.38. The highest BCUT2D eigenvalue weighted by Gasteiger charge is 2.32. The molecule has 2 heterocycles. The Morgan fingerprint density at radius 1 is 1.29 bits per heavy atom. The monoisotopic (exact) mass is 307 g/mol. The van der Waals surface area contributed by atoms with E-state index in [0.29, 0.717) is 13.1 Å². The molecule has 0 atom stereocenters. The molecular weight excluding hydrogens is 286 g/mol. The predicted molar refractivity (Wildman–Crippen MR) is 84.2 cm³/mol. The van der Waals surface area contributed by atoms with Gasteiger partial charge in [0.1, 0.15) is 0 Å². The summed E-state index contributed by atoms with van der Waals surface area (Å²) in [6.45, 7) is 4.75. The minimum Gasteiger partial charge on any atom is -0.358 e. The van der Waals surface area contributed by atoms with Gasteiger partial charge in [0.25, 0.3) is 10.2 Å². The first-order valence-corrected chi connectivity index (χ1v) is 8.62. The van der Waals surface area contributed by atoms with Gasteiger partial charge in [0.15, 0.2) is 0 Å². The van der Waals surface area contributed by atoms with Crippen LogP contribution in [0.15, 0.2) is 24.3 Å². The second kappa shape index (κ2) is 5.12.